The number of nitrogens with one attached hydrogen (secondary N) is 1. The summed E-state index contributed by atoms with van der Waals surface area (Å²) >= 11 is 0. The quantitative estimate of drug-likeness (QED) is 0.906. The molecule has 3 unspecified atom stereocenters. The summed E-state index contributed by atoms with van der Waals surface area (Å²) < 4.78 is 5.64. The topological polar surface area (TPSA) is 51.0 Å². The van der Waals surface area contributed by atoms with Gasteiger partial charge in [0.2, 0.25) is 5.89 Å². The van der Waals surface area contributed by atoms with Crippen molar-refractivity contribution in [2.75, 3.05) is 6.54 Å². The molecule has 1 aliphatic carbocycles. The number of piperidine rings is 1. The van der Waals surface area contributed by atoms with Crippen molar-refractivity contribution in [2.24, 2.45) is 11.3 Å². The van der Waals surface area contributed by atoms with Crippen molar-refractivity contribution in [3.05, 3.63) is 11.7 Å². The predicted octanol–water partition coefficient (Wildman–Crippen LogP) is 4.20. The van der Waals surface area contributed by atoms with Crippen LogP contribution < -0.4 is 5.32 Å². The predicted molar refractivity (Wildman–Crippen MR) is 83.0 cm³/mol. The van der Waals surface area contributed by atoms with Gasteiger partial charge in [0.15, 0.2) is 5.82 Å². The Balaban J connectivity index is 1.73. The van der Waals surface area contributed by atoms with E-state index in [1.807, 2.05) is 0 Å². The first-order valence-corrected chi connectivity index (χ1v) is 8.67. The van der Waals surface area contributed by atoms with Crippen LogP contribution in [0.1, 0.15) is 89.4 Å². The van der Waals surface area contributed by atoms with E-state index in [4.69, 9.17) is 9.51 Å². The van der Waals surface area contributed by atoms with E-state index in [9.17, 15) is 0 Å². The Hall–Kier alpha value is -0.900. The first-order chi connectivity index (χ1) is 10.1. The van der Waals surface area contributed by atoms with Crippen molar-refractivity contribution in [1.82, 2.24) is 15.5 Å². The molecule has 1 aromatic heterocycles. The van der Waals surface area contributed by atoms with Crippen LogP contribution in [0.25, 0.3) is 0 Å². The van der Waals surface area contributed by atoms with Crippen LogP contribution in [0.4, 0.5) is 0 Å². The van der Waals surface area contributed by atoms with Gasteiger partial charge in [-0.1, -0.05) is 45.2 Å². The van der Waals surface area contributed by atoms with E-state index in [0.717, 1.165) is 24.2 Å². The summed E-state index contributed by atoms with van der Waals surface area (Å²) in [5.41, 5.74) is 0.195. The minimum atomic E-state index is 0.195. The smallest absolute Gasteiger partial charge is 0.244 e. The Morgan fingerprint density at radius 1 is 1.29 bits per heavy atom. The molecule has 1 aromatic rings. The van der Waals surface area contributed by atoms with Gasteiger partial charge in [0.25, 0.3) is 0 Å². The fraction of sp³-hybridized carbons (Fsp3) is 0.882. The molecule has 0 spiro atoms. The molecule has 1 saturated carbocycles. The van der Waals surface area contributed by atoms with Gasteiger partial charge in [0, 0.05) is 5.92 Å². The molecule has 2 aliphatic rings. The second kappa shape index (κ2) is 6.07. The van der Waals surface area contributed by atoms with Gasteiger partial charge in [-0.05, 0) is 43.6 Å². The van der Waals surface area contributed by atoms with Crippen LogP contribution in [-0.4, -0.2) is 16.7 Å². The molecule has 21 heavy (non-hydrogen) atoms. The minimum Gasteiger partial charge on any atom is -0.338 e. The molecule has 0 aromatic carbocycles. The maximum absolute atomic E-state index is 5.64. The van der Waals surface area contributed by atoms with Crippen LogP contribution in [0.3, 0.4) is 0 Å². The van der Waals surface area contributed by atoms with Gasteiger partial charge in [-0.3, -0.25) is 0 Å². The lowest BCUT2D eigenvalue weighted by Crippen LogP contribution is -2.39. The van der Waals surface area contributed by atoms with E-state index in [-0.39, 0.29) is 11.5 Å². The zero-order valence-corrected chi connectivity index (χ0v) is 13.7. The second-order valence-electron chi connectivity index (χ2n) is 7.61. The maximum Gasteiger partial charge on any atom is 0.244 e. The summed E-state index contributed by atoms with van der Waals surface area (Å²) in [6, 6.07) is 0.207. The Morgan fingerprint density at radius 2 is 2.14 bits per heavy atom. The van der Waals surface area contributed by atoms with Crippen LogP contribution in [0.15, 0.2) is 4.52 Å². The third kappa shape index (κ3) is 3.15. The molecular formula is C17H29N3O. The Bertz CT molecular complexity index is 468. The number of nitrogens with zero attached hydrogens (tertiary/aromatic N) is 2. The molecule has 118 valence electrons. The summed E-state index contributed by atoms with van der Waals surface area (Å²) in [6.45, 7) is 7.93. The van der Waals surface area contributed by atoms with Crippen molar-refractivity contribution < 1.29 is 4.52 Å². The van der Waals surface area contributed by atoms with Gasteiger partial charge in [-0.2, -0.15) is 4.98 Å². The fourth-order valence-corrected chi connectivity index (χ4v) is 4.06. The minimum absolute atomic E-state index is 0.195. The zero-order chi connectivity index (χ0) is 14.9. The molecule has 3 rings (SSSR count). The molecule has 2 fully saturated rings. The third-order valence-electron chi connectivity index (χ3n) is 5.56. The molecule has 0 amide bonds. The molecule has 1 aliphatic heterocycles. The second-order valence-corrected chi connectivity index (χ2v) is 7.61. The van der Waals surface area contributed by atoms with Gasteiger partial charge in [-0.25, -0.2) is 0 Å². The van der Waals surface area contributed by atoms with E-state index in [1.165, 1.54) is 44.9 Å². The summed E-state index contributed by atoms with van der Waals surface area (Å²) in [7, 11) is 0. The van der Waals surface area contributed by atoms with Crippen molar-refractivity contribution >= 4 is 0 Å². The molecule has 4 nitrogen and oxygen atoms in total. The van der Waals surface area contributed by atoms with Gasteiger partial charge in [0.05, 0.1) is 6.04 Å². The standard InChI is InChI=1S/C17H29N3O/c1-4-12-7-5-8-13(11-12)15-19-16(21-20-15)14-17(2,3)9-6-10-18-14/h12-14,18H,4-11H2,1-3H3. The van der Waals surface area contributed by atoms with Gasteiger partial charge >= 0.3 is 0 Å². The van der Waals surface area contributed by atoms with Crippen LogP contribution >= 0.6 is 0 Å². The summed E-state index contributed by atoms with van der Waals surface area (Å²) in [5.74, 6) is 3.10. The maximum atomic E-state index is 5.64. The van der Waals surface area contributed by atoms with Gasteiger partial charge in [-0.15, -0.1) is 0 Å². The van der Waals surface area contributed by atoms with E-state index in [1.54, 1.807) is 0 Å². The highest BCUT2D eigenvalue weighted by atomic mass is 16.5. The molecule has 2 heterocycles. The third-order valence-corrected chi connectivity index (χ3v) is 5.56. The monoisotopic (exact) mass is 291 g/mol. The number of rotatable bonds is 3. The van der Waals surface area contributed by atoms with Crippen molar-refractivity contribution in [3.63, 3.8) is 0 Å². The molecular weight excluding hydrogens is 262 g/mol. The highest BCUT2D eigenvalue weighted by Gasteiger charge is 2.37. The van der Waals surface area contributed by atoms with Crippen LogP contribution in [0.2, 0.25) is 0 Å². The van der Waals surface area contributed by atoms with Gasteiger partial charge < -0.3 is 9.84 Å². The van der Waals surface area contributed by atoms with Crippen LogP contribution in [0, 0.1) is 11.3 Å². The molecule has 4 heteroatoms. The van der Waals surface area contributed by atoms with E-state index in [2.05, 4.69) is 31.2 Å². The zero-order valence-electron chi connectivity index (χ0n) is 13.7. The lowest BCUT2D eigenvalue weighted by Gasteiger charge is -2.36. The summed E-state index contributed by atoms with van der Waals surface area (Å²) in [5, 5.41) is 7.89. The Labute approximate surface area is 128 Å². The average molecular weight is 291 g/mol. The highest BCUT2D eigenvalue weighted by molar-refractivity contribution is 5.04. The first kappa shape index (κ1) is 15.0. The van der Waals surface area contributed by atoms with Crippen molar-refractivity contribution in [2.45, 2.75) is 77.7 Å². The fourth-order valence-electron chi connectivity index (χ4n) is 4.06. The molecule has 0 bridgehead atoms. The Morgan fingerprint density at radius 3 is 2.90 bits per heavy atom. The lowest BCUT2D eigenvalue weighted by molar-refractivity contribution is 0.146. The number of hydrogen-bond acceptors (Lipinski definition) is 4. The SMILES string of the molecule is CCC1CCCC(c2noc(C3NCCCC3(C)C)n2)C1. The normalized spacial score (nSPS) is 33.0. The Kier molecular flexibility index (Phi) is 4.34. The number of aromatic nitrogens is 2. The molecule has 3 atom stereocenters. The molecule has 0 radical (unpaired) electrons. The molecule has 1 N–H and O–H groups in total. The van der Waals surface area contributed by atoms with Crippen LogP contribution in [0.5, 0.6) is 0 Å². The average Bonchev–Trinajstić information content (AvgIpc) is 2.96. The van der Waals surface area contributed by atoms with E-state index >= 15 is 0 Å². The lowest BCUT2D eigenvalue weighted by atomic mass is 9.77. The first-order valence-electron chi connectivity index (χ1n) is 8.67. The molecule has 1 saturated heterocycles. The van der Waals surface area contributed by atoms with Crippen molar-refractivity contribution in [1.29, 1.82) is 0 Å². The number of hydrogen-bond donors (Lipinski definition) is 1. The summed E-state index contributed by atoms with van der Waals surface area (Å²) in [6.07, 6.45) is 8.84. The van der Waals surface area contributed by atoms with E-state index in [0.29, 0.717) is 5.92 Å². The van der Waals surface area contributed by atoms with Crippen molar-refractivity contribution in [3.8, 4) is 0 Å². The summed E-state index contributed by atoms with van der Waals surface area (Å²) in [4.78, 5) is 4.78. The van der Waals surface area contributed by atoms with E-state index < -0.39 is 0 Å². The van der Waals surface area contributed by atoms with Crippen LogP contribution in [-0.2, 0) is 0 Å². The van der Waals surface area contributed by atoms with Gasteiger partial charge in [0.1, 0.15) is 0 Å². The highest BCUT2D eigenvalue weighted by Crippen LogP contribution is 2.41. The largest absolute Gasteiger partial charge is 0.338 e.